The van der Waals surface area contributed by atoms with Gasteiger partial charge in [0.15, 0.2) is 0 Å². The van der Waals surface area contributed by atoms with E-state index in [0.717, 1.165) is 31.5 Å². The first-order valence-electron chi connectivity index (χ1n) is 6.85. The lowest BCUT2D eigenvalue weighted by Crippen LogP contribution is -2.48. The number of hydrogen-bond donors (Lipinski definition) is 1. The summed E-state index contributed by atoms with van der Waals surface area (Å²) in [5.41, 5.74) is 0.810. The Hall–Kier alpha value is -0.910. The van der Waals surface area contributed by atoms with Crippen LogP contribution in [0.5, 0.6) is 0 Å². The Labute approximate surface area is 115 Å². The van der Waals surface area contributed by atoms with Gasteiger partial charge in [-0.15, -0.1) is 0 Å². The van der Waals surface area contributed by atoms with Crippen molar-refractivity contribution in [2.45, 2.75) is 37.6 Å². The second-order valence-corrected chi connectivity index (χ2v) is 6.83. The van der Waals surface area contributed by atoms with Crippen molar-refractivity contribution in [3.05, 3.63) is 29.8 Å². The monoisotopic (exact) mass is 282 g/mol. The minimum atomic E-state index is -3.39. The molecule has 1 aliphatic heterocycles. The normalized spacial score (nSPS) is 20.7. The van der Waals surface area contributed by atoms with Gasteiger partial charge in [-0.05, 0) is 37.9 Å². The highest BCUT2D eigenvalue weighted by atomic mass is 32.2. The van der Waals surface area contributed by atoms with E-state index in [2.05, 4.69) is 5.32 Å². The highest BCUT2D eigenvalue weighted by molar-refractivity contribution is 7.89. The summed E-state index contributed by atoms with van der Waals surface area (Å²) in [5.74, 6) is 0. The largest absolute Gasteiger partial charge is 0.315 e. The SMILES string of the molecule is CCN(C1CCCNC1)S(=O)(=O)c1ccccc1C. The third-order valence-electron chi connectivity index (χ3n) is 3.67. The summed E-state index contributed by atoms with van der Waals surface area (Å²) in [6.45, 7) is 6.00. The van der Waals surface area contributed by atoms with Gasteiger partial charge in [0.25, 0.3) is 0 Å². The van der Waals surface area contributed by atoms with Crippen LogP contribution in [-0.2, 0) is 10.0 Å². The average molecular weight is 282 g/mol. The van der Waals surface area contributed by atoms with Gasteiger partial charge in [0, 0.05) is 19.1 Å². The lowest BCUT2D eigenvalue weighted by molar-refractivity contribution is 0.274. The lowest BCUT2D eigenvalue weighted by atomic mass is 10.1. The summed E-state index contributed by atoms with van der Waals surface area (Å²) in [6, 6.07) is 7.27. The highest BCUT2D eigenvalue weighted by Crippen LogP contribution is 2.23. The lowest BCUT2D eigenvalue weighted by Gasteiger charge is -2.33. The first-order chi connectivity index (χ1) is 9.07. The van der Waals surface area contributed by atoms with Gasteiger partial charge >= 0.3 is 0 Å². The van der Waals surface area contributed by atoms with E-state index in [1.54, 1.807) is 16.4 Å². The Morgan fingerprint density at radius 1 is 1.37 bits per heavy atom. The van der Waals surface area contributed by atoms with Gasteiger partial charge in [-0.25, -0.2) is 8.42 Å². The van der Waals surface area contributed by atoms with Crippen molar-refractivity contribution in [1.82, 2.24) is 9.62 Å². The van der Waals surface area contributed by atoms with Crippen LogP contribution in [0.1, 0.15) is 25.3 Å². The molecule has 0 spiro atoms. The van der Waals surface area contributed by atoms with Gasteiger partial charge in [0.05, 0.1) is 4.90 Å². The van der Waals surface area contributed by atoms with Crippen LogP contribution in [0.4, 0.5) is 0 Å². The Balaban J connectivity index is 2.33. The summed E-state index contributed by atoms with van der Waals surface area (Å²) in [7, 11) is -3.39. The predicted molar refractivity (Wildman–Crippen MR) is 76.6 cm³/mol. The number of piperidine rings is 1. The van der Waals surface area contributed by atoms with Crippen LogP contribution in [0.25, 0.3) is 0 Å². The van der Waals surface area contributed by atoms with Gasteiger partial charge in [-0.1, -0.05) is 25.1 Å². The molecule has 1 atom stereocenters. The quantitative estimate of drug-likeness (QED) is 0.915. The predicted octanol–water partition coefficient (Wildman–Crippen LogP) is 1.76. The zero-order chi connectivity index (χ0) is 13.9. The zero-order valence-corrected chi connectivity index (χ0v) is 12.4. The van der Waals surface area contributed by atoms with Crippen molar-refractivity contribution in [3.8, 4) is 0 Å². The number of hydrogen-bond acceptors (Lipinski definition) is 3. The standard InChI is InChI=1S/C14H22N2O2S/c1-3-16(13-8-6-10-15-11-13)19(17,18)14-9-5-4-7-12(14)2/h4-5,7,9,13,15H,3,6,8,10-11H2,1-2H3. The van der Waals surface area contributed by atoms with Crippen LogP contribution in [-0.4, -0.2) is 38.4 Å². The molecule has 1 fully saturated rings. The molecular formula is C14H22N2O2S. The van der Waals surface area contributed by atoms with Crippen LogP contribution in [0.15, 0.2) is 29.2 Å². The minimum Gasteiger partial charge on any atom is -0.315 e. The van der Waals surface area contributed by atoms with E-state index < -0.39 is 10.0 Å². The molecule has 1 aliphatic rings. The fraction of sp³-hybridized carbons (Fsp3) is 0.571. The molecule has 0 amide bonds. The Morgan fingerprint density at radius 2 is 2.11 bits per heavy atom. The summed E-state index contributed by atoms with van der Waals surface area (Å²) < 4.78 is 27.2. The van der Waals surface area contributed by atoms with E-state index in [9.17, 15) is 8.42 Å². The Bertz CT molecular complexity index is 522. The third kappa shape index (κ3) is 2.99. The summed E-state index contributed by atoms with van der Waals surface area (Å²) in [4.78, 5) is 0.433. The molecule has 0 radical (unpaired) electrons. The molecule has 0 aliphatic carbocycles. The molecule has 1 aromatic carbocycles. The summed E-state index contributed by atoms with van der Waals surface area (Å²) >= 11 is 0. The molecule has 19 heavy (non-hydrogen) atoms. The molecule has 1 saturated heterocycles. The van der Waals surface area contributed by atoms with Gasteiger partial charge in [-0.2, -0.15) is 4.31 Å². The first kappa shape index (κ1) is 14.5. The molecule has 0 saturated carbocycles. The number of nitrogens with one attached hydrogen (secondary N) is 1. The summed E-state index contributed by atoms with van der Waals surface area (Å²) in [6.07, 6.45) is 1.97. The molecule has 0 bridgehead atoms. The first-order valence-corrected chi connectivity index (χ1v) is 8.29. The van der Waals surface area contributed by atoms with Crippen LogP contribution in [0, 0.1) is 6.92 Å². The van der Waals surface area contributed by atoms with E-state index >= 15 is 0 Å². The molecule has 4 nitrogen and oxygen atoms in total. The van der Waals surface area contributed by atoms with Crippen molar-refractivity contribution in [3.63, 3.8) is 0 Å². The minimum absolute atomic E-state index is 0.0726. The maximum atomic E-state index is 12.8. The second kappa shape index (κ2) is 6.03. The van der Waals surface area contributed by atoms with E-state index in [0.29, 0.717) is 11.4 Å². The number of likely N-dealkylation sites (N-methyl/N-ethyl adjacent to an activating group) is 1. The van der Waals surface area contributed by atoms with Crippen LogP contribution in [0.3, 0.4) is 0 Å². The van der Waals surface area contributed by atoms with E-state index in [1.165, 1.54) is 0 Å². The zero-order valence-electron chi connectivity index (χ0n) is 11.6. The maximum Gasteiger partial charge on any atom is 0.243 e. The average Bonchev–Trinajstić information content (AvgIpc) is 2.40. The van der Waals surface area contributed by atoms with Crippen molar-refractivity contribution in [2.24, 2.45) is 0 Å². The number of sulfonamides is 1. The third-order valence-corrected chi connectivity index (χ3v) is 5.86. The van der Waals surface area contributed by atoms with Gasteiger partial charge in [0.1, 0.15) is 0 Å². The Morgan fingerprint density at radius 3 is 2.68 bits per heavy atom. The topological polar surface area (TPSA) is 49.4 Å². The number of benzene rings is 1. The van der Waals surface area contributed by atoms with Crippen molar-refractivity contribution in [1.29, 1.82) is 0 Å². The Kier molecular flexibility index (Phi) is 4.60. The van der Waals surface area contributed by atoms with Crippen LogP contribution in [0.2, 0.25) is 0 Å². The van der Waals surface area contributed by atoms with E-state index in [1.807, 2.05) is 26.0 Å². The summed E-state index contributed by atoms with van der Waals surface area (Å²) in [5, 5.41) is 3.28. The van der Waals surface area contributed by atoms with Crippen LogP contribution < -0.4 is 5.32 Å². The van der Waals surface area contributed by atoms with E-state index in [4.69, 9.17) is 0 Å². The van der Waals surface area contributed by atoms with Crippen LogP contribution >= 0.6 is 0 Å². The number of rotatable bonds is 4. The van der Waals surface area contributed by atoms with Crippen molar-refractivity contribution >= 4 is 10.0 Å². The number of nitrogens with zero attached hydrogens (tertiary/aromatic N) is 1. The number of aryl methyl sites for hydroxylation is 1. The maximum absolute atomic E-state index is 12.8. The molecule has 1 N–H and O–H groups in total. The van der Waals surface area contributed by atoms with Crippen molar-refractivity contribution < 1.29 is 8.42 Å². The molecule has 1 heterocycles. The van der Waals surface area contributed by atoms with E-state index in [-0.39, 0.29) is 6.04 Å². The second-order valence-electron chi connectivity index (χ2n) is 4.97. The molecule has 1 unspecified atom stereocenters. The van der Waals surface area contributed by atoms with Gasteiger partial charge in [-0.3, -0.25) is 0 Å². The molecule has 106 valence electrons. The van der Waals surface area contributed by atoms with Gasteiger partial charge < -0.3 is 5.32 Å². The molecular weight excluding hydrogens is 260 g/mol. The molecule has 5 heteroatoms. The highest BCUT2D eigenvalue weighted by Gasteiger charge is 2.31. The fourth-order valence-corrected chi connectivity index (χ4v) is 4.57. The fourth-order valence-electron chi connectivity index (χ4n) is 2.68. The van der Waals surface area contributed by atoms with Crippen molar-refractivity contribution in [2.75, 3.05) is 19.6 Å². The molecule has 2 rings (SSSR count). The molecule has 1 aromatic rings. The molecule has 0 aromatic heterocycles. The van der Waals surface area contributed by atoms with Gasteiger partial charge in [0.2, 0.25) is 10.0 Å². The smallest absolute Gasteiger partial charge is 0.243 e.